The van der Waals surface area contributed by atoms with Crippen molar-refractivity contribution in [2.24, 2.45) is 0 Å². The molecule has 1 amide bonds. The molecule has 0 saturated carbocycles. The van der Waals surface area contributed by atoms with Crippen molar-refractivity contribution < 1.29 is 23.2 Å². The van der Waals surface area contributed by atoms with Gasteiger partial charge in [-0.05, 0) is 31.1 Å². The molecule has 1 aromatic carbocycles. The quantitative estimate of drug-likeness (QED) is 0.464. The van der Waals surface area contributed by atoms with E-state index in [1.165, 1.54) is 0 Å². The minimum atomic E-state index is -1.78. The number of nitrogens with one attached hydrogen (secondary N) is 1. The highest BCUT2D eigenvalue weighted by molar-refractivity contribution is 6.88. The molecule has 1 N–H and O–H groups in total. The number of halogens is 3. The van der Waals surface area contributed by atoms with Gasteiger partial charge in [0, 0.05) is 6.42 Å². The molecule has 0 fully saturated rings. The van der Waals surface area contributed by atoms with Crippen molar-refractivity contribution in [2.45, 2.75) is 38.9 Å². The number of amides is 1. The lowest BCUT2D eigenvalue weighted by atomic mass is 10.2. The van der Waals surface area contributed by atoms with Gasteiger partial charge in [0.05, 0.1) is 18.7 Å². The summed E-state index contributed by atoms with van der Waals surface area (Å²) in [4.78, 5) is 28.0. The van der Waals surface area contributed by atoms with Crippen LogP contribution in [0.1, 0.15) is 29.6 Å². The molecule has 0 aliphatic rings. The summed E-state index contributed by atoms with van der Waals surface area (Å²) in [6.07, 6.45) is -0.862. The van der Waals surface area contributed by atoms with E-state index in [9.17, 15) is 18.4 Å². The second kappa shape index (κ2) is 8.94. The highest BCUT2D eigenvalue weighted by atomic mass is 35.5. The fourth-order valence-electron chi connectivity index (χ4n) is 1.83. The summed E-state index contributed by atoms with van der Waals surface area (Å²) < 4.78 is 23.6. The van der Waals surface area contributed by atoms with Crippen LogP contribution in [0.2, 0.25) is 24.7 Å². The first-order chi connectivity index (χ1) is 11.1. The maximum atomic E-state index is 12.0. The predicted octanol–water partition coefficient (Wildman–Crippen LogP) is 4.02. The Bertz CT molecular complexity index is 641. The standard InChI is InChI=1S/C16H20ClF2NO3Si/c1-24(2,3)11-8-9-12(13(17)10-11)16(22)20-23-15(21)7-5-4-6-14(18)19/h6,8-10H,4-5,7H2,1-3H3,(H,20,22). The summed E-state index contributed by atoms with van der Waals surface area (Å²) in [7, 11) is -1.55. The van der Waals surface area contributed by atoms with Gasteiger partial charge in [-0.25, -0.2) is 4.79 Å². The van der Waals surface area contributed by atoms with E-state index in [0.29, 0.717) is 0 Å². The molecule has 1 aromatic rings. The average molecular weight is 376 g/mol. The summed E-state index contributed by atoms with van der Waals surface area (Å²) in [6, 6.07) is 5.18. The van der Waals surface area contributed by atoms with Gasteiger partial charge in [0.15, 0.2) is 0 Å². The molecule has 24 heavy (non-hydrogen) atoms. The maximum Gasteiger partial charge on any atom is 0.332 e. The maximum absolute atomic E-state index is 12.0. The van der Waals surface area contributed by atoms with E-state index < -0.39 is 26.0 Å². The van der Waals surface area contributed by atoms with E-state index in [2.05, 4.69) is 24.5 Å². The molecule has 8 heteroatoms. The molecule has 0 saturated heterocycles. The zero-order chi connectivity index (χ0) is 18.3. The van der Waals surface area contributed by atoms with Gasteiger partial charge in [-0.15, -0.1) is 0 Å². The van der Waals surface area contributed by atoms with Crippen molar-refractivity contribution in [2.75, 3.05) is 0 Å². The molecular formula is C16H20ClF2NO3Si. The molecule has 4 nitrogen and oxygen atoms in total. The molecule has 0 heterocycles. The summed E-state index contributed by atoms with van der Waals surface area (Å²) >= 11 is 6.12. The molecule has 0 bridgehead atoms. The van der Waals surface area contributed by atoms with Gasteiger partial charge in [0.1, 0.15) is 0 Å². The number of unbranched alkanes of at least 4 members (excludes halogenated alkanes) is 1. The molecular weight excluding hydrogens is 356 g/mol. The van der Waals surface area contributed by atoms with Crippen LogP contribution in [0, 0.1) is 0 Å². The lowest BCUT2D eigenvalue weighted by Gasteiger charge is -2.17. The van der Waals surface area contributed by atoms with Crippen LogP contribution in [-0.2, 0) is 9.63 Å². The second-order valence-electron chi connectivity index (χ2n) is 6.24. The van der Waals surface area contributed by atoms with Crippen molar-refractivity contribution in [3.63, 3.8) is 0 Å². The minimum absolute atomic E-state index is 0.0648. The van der Waals surface area contributed by atoms with Crippen molar-refractivity contribution in [3.05, 3.63) is 40.9 Å². The predicted molar refractivity (Wildman–Crippen MR) is 92.1 cm³/mol. The number of hydroxylamine groups is 1. The molecule has 1 rings (SSSR count). The Morgan fingerprint density at radius 1 is 1.29 bits per heavy atom. The van der Waals surface area contributed by atoms with Crippen molar-refractivity contribution in [3.8, 4) is 0 Å². The number of benzene rings is 1. The second-order valence-corrected chi connectivity index (χ2v) is 11.7. The van der Waals surface area contributed by atoms with Crippen LogP contribution in [0.5, 0.6) is 0 Å². The lowest BCUT2D eigenvalue weighted by Crippen LogP contribution is -2.38. The Balaban J connectivity index is 2.54. The first-order valence-electron chi connectivity index (χ1n) is 7.42. The number of hydrogen-bond donors (Lipinski definition) is 1. The summed E-state index contributed by atoms with van der Waals surface area (Å²) in [5, 5.41) is 1.39. The summed E-state index contributed by atoms with van der Waals surface area (Å²) in [5.41, 5.74) is 2.22. The molecule has 0 spiro atoms. The van der Waals surface area contributed by atoms with E-state index in [-0.39, 0.29) is 29.8 Å². The highest BCUT2D eigenvalue weighted by Crippen LogP contribution is 2.16. The normalized spacial score (nSPS) is 10.9. The van der Waals surface area contributed by atoms with E-state index in [0.717, 1.165) is 11.3 Å². The SMILES string of the molecule is C[Si](C)(C)c1ccc(C(=O)NOC(=O)CCCC=C(F)F)c(Cl)c1. The summed E-state index contributed by atoms with van der Waals surface area (Å²) in [5.74, 6) is -1.34. The van der Waals surface area contributed by atoms with Crippen molar-refractivity contribution in [1.29, 1.82) is 0 Å². The van der Waals surface area contributed by atoms with Crippen LogP contribution >= 0.6 is 11.6 Å². The van der Waals surface area contributed by atoms with Crippen LogP contribution in [0.15, 0.2) is 30.4 Å². The number of allylic oxidation sites excluding steroid dienone is 1. The Hall–Kier alpha value is -1.73. The molecule has 0 radical (unpaired) electrons. The lowest BCUT2D eigenvalue weighted by molar-refractivity contribution is -0.149. The van der Waals surface area contributed by atoms with Gasteiger partial charge < -0.3 is 4.84 Å². The molecule has 132 valence electrons. The average Bonchev–Trinajstić information content (AvgIpc) is 2.48. The van der Waals surface area contributed by atoms with Gasteiger partial charge in [0.25, 0.3) is 12.0 Å². The zero-order valence-corrected chi connectivity index (χ0v) is 15.5. The van der Waals surface area contributed by atoms with E-state index >= 15 is 0 Å². The third kappa shape index (κ3) is 6.80. The number of hydrogen-bond acceptors (Lipinski definition) is 3. The van der Waals surface area contributed by atoms with Crippen LogP contribution in [0.25, 0.3) is 0 Å². The van der Waals surface area contributed by atoms with Gasteiger partial charge >= 0.3 is 5.97 Å². The number of carbonyl (C=O) groups excluding carboxylic acids is 2. The van der Waals surface area contributed by atoms with Crippen LogP contribution < -0.4 is 10.7 Å². The van der Waals surface area contributed by atoms with E-state index in [4.69, 9.17) is 11.6 Å². The first kappa shape index (κ1) is 20.3. The van der Waals surface area contributed by atoms with Crippen LogP contribution in [0.4, 0.5) is 8.78 Å². The van der Waals surface area contributed by atoms with Crippen molar-refractivity contribution >= 4 is 36.7 Å². The largest absolute Gasteiger partial charge is 0.341 e. The zero-order valence-electron chi connectivity index (χ0n) is 13.8. The number of rotatable bonds is 6. The highest BCUT2D eigenvalue weighted by Gasteiger charge is 2.19. The minimum Gasteiger partial charge on any atom is -0.341 e. The Labute approximate surface area is 145 Å². The monoisotopic (exact) mass is 375 g/mol. The van der Waals surface area contributed by atoms with Gasteiger partial charge in [0.2, 0.25) is 0 Å². The fraction of sp³-hybridized carbons (Fsp3) is 0.375. The van der Waals surface area contributed by atoms with Crippen LogP contribution in [0.3, 0.4) is 0 Å². The fourth-order valence-corrected chi connectivity index (χ4v) is 3.35. The third-order valence-electron chi connectivity index (χ3n) is 3.22. The molecule has 0 aliphatic carbocycles. The topological polar surface area (TPSA) is 55.4 Å². The number of carbonyl (C=O) groups is 2. The first-order valence-corrected chi connectivity index (χ1v) is 11.3. The van der Waals surface area contributed by atoms with Crippen molar-refractivity contribution in [1.82, 2.24) is 5.48 Å². The molecule has 0 atom stereocenters. The van der Waals surface area contributed by atoms with E-state index in [1.807, 2.05) is 11.5 Å². The van der Waals surface area contributed by atoms with Gasteiger partial charge in [-0.3, -0.25) is 4.79 Å². The molecule has 0 unspecified atom stereocenters. The third-order valence-corrected chi connectivity index (χ3v) is 5.58. The van der Waals surface area contributed by atoms with E-state index in [1.54, 1.807) is 12.1 Å². The van der Waals surface area contributed by atoms with Gasteiger partial charge in [-0.2, -0.15) is 14.3 Å². The van der Waals surface area contributed by atoms with Crippen LogP contribution in [-0.4, -0.2) is 20.0 Å². The molecule has 0 aliphatic heterocycles. The molecule has 0 aromatic heterocycles. The Kier molecular flexibility index (Phi) is 7.56. The Morgan fingerprint density at radius 2 is 1.96 bits per heavy atom. The summed E-state index contributed by atoms with van der Waals surface area (Å²) in [6.45, 7) is 6.47. The smallest absolute Gasteiger partial charge is 0.332 e. The van der Waals surface area contributed by atoms with Gasteiger partial charge in [-0.1, -0.05) is 42.5 Å². The Morgan fingerprint density at radius 3 is 2.50 bits per heavy atom.